The summed E-state index contributed by atoms with van der Waals surface area (Å²) in [7, 11) is 0. The normalized spacial score (nSPS) is 15.5. The molecule has 0 aliphatic carbocycles. The number of carbonyl (C=O) groups excluding carboxylic acids is 2. The Labute approximate surface area is 170 Å². The zero-order chi connectivity index (χ0) is 20.5. The van der Waals surface area contributed by atoms with Gasteiger partial charge in [0.15, 0.2) is 0 Å². The molecule has 4 rings (SSSR count). The van der Waals surface area contributed by atoms with Gasteiger partial charge in [-0.2, -0.15) is 0 Å². The van der Waals surface area contributed by atoms with Crippen LogP contribution >= 0.6 is 0 Å². The molecule has 1 aliphatic heterocycles. The van der Waals surface area contributed by atoms with Gasteiger partial charge in [-0.3, -0.25) is 9.59 Å². The van der Waals surface area contributed by atoms with Gasteiger partial charge < -0.3 is 15.0 Å². The van der Waals surface area contributed by atoms with Gasteiger partial charge in [-0.1, -0.05) is 42.5 Å². The summed E-state index contributed by atoms with van der Waals surface area (Å²) in [5.74, 6) is 0.439. The van der Waals surface area contributed by atoms with Gasteiger partial charge in [-0.05, 0) is 47.9 Å². The van der Waals surface area contributed by atoms with Crippen LogP contribution < -0.4 is 15.0 Å². The predicted octanol–water partition coefficient (Wildman–Crippen LogP) is 4.06. The number of amides is 2. The smallest absolute Gasteiger partial charge is 0.254 e. The maximum absolute atomic E-state index is 13.1. The Kier molecular flexibility index (Phi) is 4.97. The molecule has 0 bridgehead atoms. The lowest BCUT2D eigenvalue weighted by atomic mass is 9.99. The molecule has 2 amide bonds. The minimum atomic E-state index is -0.636. The van der Waals surface area contributed by atoms with Crippen molar-refractivity contribution < 1.29 is 14.3 Å². The third-order valence-corrected chi connectivity index (χ3v) is 5.36. The van der Waals surface area contributed by atoms with Gasteiger partial charge in [0.1, 0.15) is 18.4 Å². The van der Waals surface area contributed by atoms with Crippen molar-refractivity contribution in [2.24, 2.45) is 0 Å². The van der Waals surface area contributed by atoms with Crippen LogP contribution in [0.25, 0.3) is 10.8 Å². The van der Waals surface area contributed by atoms with Crippen LogP contribution in [0.1, 0.15) is 29.7 Å². The summed E-state index contributed by atoms with van der Waals surface area (Å²) >= 11 is 0. The van der Waals surface area contributed by atoms with Crippen molar-refractivity contribution in [1.29, 1.82) is 0 Å². The molecule has 3 aromatic carbocycles. The summed E-state index contributed by atoms with van der Waals surface area (Å²) < 4.78 is 5.94. The van der Waals surface area contributed by atoms with E-state index in [-0.39, 0.29) is 11.8 Å². The van der Waals surface area contributed by atoms with Crippen molar-refractivity contribution in [2.75, 3.05) is 18.1 Å². The van der Waals surface area contributed by atoms with Crippen LogP contribution in [0.3, 0.4) is 0 Å². The molecule has 3 aromatic rings. The van der Waals surface area contributed by atoms with E-state index < -0.39 is 6.04 Å². The Morgan fingerprint density at radius 3 is 2.52 bits per heavy atom. The third kappa shape index (κ3) is 3.56. The second-order valence-electron chi connectivity index (χ2n) is 7.44. The molecule has 1 N–H and O–H groups in total. The van der Waals surface area contributed by atoms with Gasteiger partial charge in [-0.15, -0.1) is 0 Å². The number of nitrogens with one attached hydrogen (secondary N) is 1. The number of carbonyl (C=O) groups is 2. The number of benzene rings is 3. The number of fused-ring (bicyclic) bond motifs is 2. The molecule has 0 spiro atoms. The Bertz CT molecular complexity index is 1110. The Morgan fingerprint density at radius 2 is 1.76 bits per heavy atom. The van der Waals surface area contributed by atoms with Gasteiger partial charge in [-0.25, -0.2) is 0 Å². The molecule has 0 aromatic heterocycles. The standard InChI is InChI=1S/C24H24N2O3/c1-15-8-9-16(2)23-21(15)22(25-17(3)27)24(28)26(23)12-13-29-20-11-10-18-6-4-5-7-19(18)14-20/h4-11,14,22H,12-13H2,1-3H3,(H,25,27). The first-order valence-corrected chi connectivity index (χ1v) is 9.76. The molecule has 0 radical (unpaired) electrons. The highest BCUT2D eigenvalue weighted by Crippen LogP contribution is 2.40. The number of ether oxygens (including phenoxy) is 1. The molecule has 0 fully saturated rings. The zero-order valence-corrected chi connectivity index (χ0v) is 16.9. The largest absolute Gasteiger partial charge is 0.492 e. The molecule has 5 nitrogen and oxygen atoms in total. The minimum absolute atomic E-state index is 0.116. The molecule has 148 valence electrons. The van der Waals surface area contributed by atoms with E-state index in [0.717, 1.165) is 38.9 Å². The molecule has 29 heavy (non-hydrogen) atoms. The average molecular weight is 388 g/mol. The first-order valence-electron chi connectivity index (χ1n) is 9.76. The SMILES string of the molecule is CC(=O)NC1C(=O)N(CCOc2ccc3ccccc3c2)c2c(C)ccc(C)c21. The quantitative estimate of drug-likeness (QED) is 0.717. The van der Waals surface area contributed by atoms with Gasteiger partial charge >= 0.3 is 0 Å². The van der Waals surface area contributed by atoms with Crippen LogP contribution in [0, 0.1) is 13.8 Å². The summed E-state index contributed by atoms with van der Waals surface area (Å²) in [4.78, 5) is 26.5. The molecular weight excluding hydrogens is 364 g/mol. The number of hydrogen-bond acceptors (Lipinski definition) is 3. The fourth-order valence-corrected chi connectivity index (χ4v) is 4.00. The van der Waals surface area contributed by atoms with Crippen LogP contribution in [0.15, 0.2) is 54.6 Å². The predicted molar refractivity (Wildman–Crippen MR) is 114 cm³/mol. The number of nitrogens with zero attached hydrogens (tertiary/aromatic N) is 1. The average Bonchev–Trinajstić information content (AvgIpc) is 2.97. The Hall–Kier alpha value is -3.34. The van der Waals surface area contributed by atoms with E-state index in [4.69, 9.17) is 4.74 Å². The fraction of sp³-hybridized carbons (Fsp3) is 0.250. The molecule has 1 atom stereocenters. The fourth-order valence-electron chi connectivity index (χ4n) is 4.00. The third-order valence-electron chi connectivity index (χ3n) is 5.36. The van der Waals surface area contributed by atoms with Gasteiger partial charge in [0.05, 0.1) is 12.2 Å². The van der Waals surface area contributed by atoms with E-state index in [2.05, 4.69) is 11.4 Å². The van der Waals surface area contributed by atoms with Crippen LogP contribution in [-0.2, 0) is 9.59 Å². The van der Waals surface area contributed by atoms with Crippen LogP contribution in [0.2, 0.25) is 0 Å². The summed E-state index contributed by atoms with van der Waals surface area (Å²) in [6.07, 6.45) is 0. The molecule has 1 aliphatic rings. The molecular formula is C24H24N2O3. The van der Waals surface area contributed by atoms with Crippen molar-refractivity contribution in [2.45, 2.75) is 26.8 Å². The maximum atomic E-state index is 13.1. The zero-order valence-electron chi connectivity index (χ0n) is 16.9. The van der Waals surface area contributed by atoms with E-state index in [9.17, 15) is 9.59 Å². The van der Waals surface area contributed by atoms with E-state index in [1.165, 1.54) is 6.92 Å². The lowest BCUT2D eigenvalue weighted by Crippen LogP contribution is -2.38. The Morgan fingerprint density at radius 1 is 1.03 bits per heavy atom. The van der Waals surface area contributed by atoms with Gasteiger partial charge in [0, 0.05) is 12.5 Å². The molecule has 0 saturated heterocycles. The monoisotopic (exact) mass is 388 g/mol. The molecule has 5 heteroatoms. The molecule has 0 saturated carbocycles. The first-order chi connectivity index (χ1) is 14.0. The van der Waals surface area contributed by atoms with E-state index in [0.29, 0.717) is 13.2 Å². The number of aryl methyl sites for hydroxylation is 2. The van der Waals surface area contributed by atoms with E-state index >= 15 is 0 Å². The number of hydrogen-bond donors (Lipinski definition) is 1. The topological polar surface area (TPSA) is 58.6 Å². The summed E-state index contributed by atoms with van der Waals surface area (Å²) in [5.41, 5.74) is 3.78. The van der Waals surface area contributed by atoms with Crippen molar-refractivity contribution in [3.8, 4) is 5.75 Å². The summed E-state index contributed by atoms with van der Waals surface area (Å²) in [6, 6.07) is 17.5. The minimum Gasteiger partial charge on any atom is -0.492 e. The highest BCUT2D eigenvalue weighted by molar-refractivity contribution is 6.07. The van der Waals surface area contributed by atoms with Crippen molar-refractivity contribution in [3.05, 3.63) is 71.3 Å². The van der Waals surface area contributed by atoms with E-state index in [1.807, 2.05) is 62.4 Å². The molecule has 1 unspecified atom stereocenters. The lowest BCUT2D eigenvalue weighted by molar-refractivity contribution is -0.126. The number of rotatable bonds is 5. The summed E-state index contributed by atoms with van der Waals surface area (Å²) in [5, 5.41) is 5.08. The van der Waals surface area contributed by atoms with Crippen LogP contribution in [0.4, 0.5) is 5.69 Å². The van der Waals surface area contributed by atoms with Crippen LogP contribution in [0.5, 0.6) is 5.75 Å². The van der Waals surface area contributed by atoms with Gasteiger partial charge in [0.25, 0.3) is 5.91 Å². The van der Waals surface area contributed by atoms with Crippen molar-refractivity contribution >= 4 is 28.3 Å². The van der Waals surface area contributed by atoms with Crippen molar-refractivity contribution in [1.82, 2.24) is 5.32 Å². The summed E-state index contributed by atoms with van der Waals surface area (Å²) in [6.45, 7) is 6.17. The Balaban J connectivity index is 1.54. The second-order valence-corrected chi connectivity index (χ2v) is 7.44. The van der Waals surface area contributed by atoms with Gasteiger partial charge in [0.2, 0.25) is 5.91 Å². The molecule has 1 heterocycles. The lowest BCUT2D eigenvalue weighted by Gasteiger charge is -2.20. The van der Waals surface area contributed by atoms with Crippen molar-refractivity contribution in [3.63, 3.8) is 0 Å². The van der Waals surface area contributed by atoms with Crippen LogP contribution in [-0.4, -0.2) is 25.0 Å². The number of anilines is 1. The second kappa shape index (κ2) is 7.59. The first kappa shape index (κ1) is 19.0. The highest BCUT2D eigenvalue weighted by atomic mass is 16.5. The maximum Gasteiger partial charge on any atom is 0.254 e. The highest BCUT2D eigenvalue weighted by Gasteiger charge is 2.39. The van der Waals surface area contributed by atoms with E-state index in [1.54, 1.807) is 4.90 Å².